The zero-order valence-electron chi connectivity index (χ0n) is 12.0. The lowest BCUT2D eigenvalue weighted by Crippen LogP contribution is -2.00. The van der Waals surface area contributed by atoms with Gasteiger partial charge in [-0.2, -0.15) is 0 Å². The largest absolute Gasteiger partial charge is 0.290 e. The molecule has 0 aliphatic heterocycles. The van der Waals surface area contributed by atoms with Gasteiger partial charge in [0.2, 0.25) is 0 Å². The Kier molecular flexibility index (Phi) is 8.65. The monoisotopic (exact) mass is 286 g/mol. The molecule has 0 rings (SSSR count). The number of rotatable bonds is 5. The molecule has 0 fully saturated rings. The SMILES string of the molecule is CC(C)(C)C#CCOSSOCC#CC(C)(C)C. The highest BCUT2D eigenvalue weighted by Crippen LogP contribution is 2.22. The van der Waals surface area contributed by atoms with E-state index in [2.05, 4.69) is 65.2 Å². The number of hydrogen-bond acceptors (Lipinski definition) is 4. The molecule has 0 heterocycles. The van der Waals surface area contributed by atoms with Crippen LogP contribution in [-0.4, -0.2) is 13.2 Å². The molecule has 0 radical (unpaired) electrons. The van der Waals surface area contributed by atoms with E-state index in [-0.39, 0.29) is 10.8 Å². The van der Waals surface area contributed by atoms with E-state index in [1.54, 1.807) is 0 Å². The third kappa shape index (κ3) is 15.7. The summed E-state index contributed by atoms with van der Waals surface area (Å²) in [6.07, 6.45) is 0. The zero-order valence-corrected chi connectivity index (χ0v) is 13.7. The maximum atomic E-state index is 5.21. The minimum atomic E-state index is 0.0280. The van der Waals surface area contributed by atoms with Crippen molar-refractivity contribution in [2.24, 2.45) is 10.8 Å². The summed E-state index contributed by atoms with van der Waals surface area (Å²) in [6.45, 7) is 13.2. The molecule has 0 N–H and O–H groups in total. The first kappa shape index (κ1) is 17.7. The van der Waals surface area contributed by atoms with Gasteiger partial charge in [-0.15, -0.1) is 0 Å². The molecule has 0 aromatic carbocycles. The number of hydrogen-bond donors (Lipinski definition) is 0. The Hall–Kier alpha value is -0.260. The van der Waals surface area contributed by atoms with Crippen molar-refractivity contribution in [1.29, 1.82) is 0 Å². The molecule has 0 saturated carbocycles. The molecule has 0 aliphatic carbocycles. The molecule has 2 nitrogen and oxygen atoms in total. The molecule has 0 aromatic rings. The summed E-state index contributed by atoms with van der Waals surface area (Å²) in [5.74, 6) is 12.1. The van der Waals surface area contributed by atoms with Crippen molar-refractivity contribution >= 4 is 22.1 Å². The van der Waals surface area contributed by atoms with Crippen LogP contribution in [0, 0.1) is 34.5 Å². The molecular formula is C14H22O2S2. The fourth-order valence-electron chi connectivity index (χ4n) is 0.749. The minimum absolute atomic E-state index is 0.0280. The van der Waals surface area contributed by atoms with Crippen LogP contribution >= 0.6 is 22.1 Å². The van der Waals surface area contributed by atoms with E-state index in [1.807, 2.05) is 0 Å². The zero-order chi connectivity index (χ0) is 14.1. The Morgan fingerprint density at radius 2 is 1.06 bits per heavy atom. The molecule has 0 aliphatic rings. The maximum Gasteiger partial charge on any atom is 0.123 e. The Bertz CT molecular complexity index is 306. The van der Waals surface area contributed by atoms with E-state index < -0.39 is 0 Å². The van der Waals surface area contributed by atoms with Crippen LogP contribution in [0.3, 0.4) is 0 Å². The van der Waals surface area contributed by atoms with E-state index in [0.717, 1.165) is 0 Å². The lowest BCUT2D eigenvalue weighted by Gasteiger charge is -2.06. The molecule has 0 saturated heterocycles. The van der Waals surface area contributed by atoms with Gasteiger partial charge in [-0.25, -0.2) is 0 Å². The maximum absolute atomic E-state index is 5.21. The highest BCUT2D eigenvalue weighted by molar-refractivity contribution is 8.73. The Balaban J connectivity index is 3.47. The normalized spacial score (nSPS) is 11.2. The van der Waals surface area contributed by atoms with E-state index in [0.29, 0.717) is 13.2 Å². The fraction of sp³-hybridized carbons (Fsp3) is 0.714. The van der Waals surface area contributed by atoms with Gasteiger partial charge in [0.15, 0.2) is 0 Å². The Morgan fingerprint density at radius 1 is 0.722 bits per heavy atom. The van der Waals surface area contributed by atoms with Gasteiger partial charge in [0.1, 0.15) is 13.2 Å². The van der Waals surface area contributed by atoms with Crippen molar-refractivity contribution in [2.75, 3.05) is 13.2 Å². The van der Waals surface area contributed by atoms with Gasteiger partial charge in [0, 0.05) is 10.8 Å². The topological polar surface area (TPSA) is 18.5 Å². The molecule has 0 amide bonds. The second kappa shape index (κ2) is 8.77. The molecule has 102 valence electrons. The second-order valence-corrected chi connectivity index (χ2v) is 7.32. The lowest BCUT2D eigenvalue weighted by atomic mass is 9.98. The average molecular weight is 286 g/mol. The van der Waals surface area contributed by atoms with Gasteiger partial charge >= 0.3 is 0 Å². The van der Waals surface area contributed by atoms with Crippen LogP contribution in [0.2, 0.25) is 0 Å². The third-order valence-corrected chi connectivity index (χ3v) is 2.54. The van der Waals surface area contributed by atoms with Crippen LogP contribution in [0.4, 0.5) is 0 Å². The molecule has 4 heteroatoms. The quantitative estimate of drug-likeness (QED) is 0.324. The van der Waals surface area contributed by atoms with E-state index in [1.165, 1.54) is 22.1 Å². The highest BCUT2D eigenvalue weighted by Gasteiger charge is 2.03. The predicted molar refractivity (Wildman–Crippen MR) is 81.5 cm³/mol. The van der Waals surface area contributed by atoms with Crippen molar-refractivity contribution in [2.45, 2.75) is 41.5 Å². The van der Waals surface area contributed by atoms with Crippen molar-refractivity contribution in [3.05, 3.63) is 0 Å². The standard InChI is InChI=1S/C14H22O2S2/c1-13(2,3)9-7-11-15-17-18-16-12-8-10-14(4,5)6/h11-12H2,1-6H3. The summed E-state index contributed by atoms with van der Waals surface area (Å²) in [4.78, 5) is 0. The highest BCUT2D eigenvalue weighted by atomic mass is 33.1. The van der Waals surface area contributed by atoms with Gasteiger partial charge in [-0.1, -0.05) is 23.7 Å². The summed E-state index contributed by atoms with van der Waals surface area (Å²) >= 11 is 2.37. The van der Waals surface area contributed by atoms with Crippen molar-refractivity contribution in [3.63, 3.8) is 0 Å². The molecule has 0 unspecified atom stereocenters. The first-order chi connectivity index (χ1) is 8.21. The molecule has 0 spiro atoms. The third-order valence-electron chi connectivity index (χ3n) is 1.31. The van der Waals surface area contributed by atoms with Gasteiger partial charge in [-0.05, 0) is 41.5 Å². The van der Waals surface area contributed by atoms with E-state index in [4.69, 9.17) is 8.37 Å². The molecular weight excluding hydrogens is 264 g/mol. The van der Waals surface area contributed by atoms with E-state index >= 15 is 0 Å². The minimum Gasteiger partial charge on any atom is -0.290 e. The van der Waals surface area contributed by atoms with Gasteiger partial charge in [0.25, 0.3) is 0 Å². The Morgan fingerprint density at radius 3 is 1.33 bits per heavy atom. The summed E-state index contributed by atoms with van der Waals surface area (Å²) in [5.41, 5.74) is 0.0560. The van der Waals surface area contributed by atoms with Crippen LogP contribution in [0.25, 0.3) is 0 Å². The van der Waals surface area contributed by atoms with Crippen LogP contribution in [-0.2, 0) is 8.37 Å². The van der Waals surface area contributed by atoms with Crippen LogP contribution < -0.4 is 0 Å². The van der Waals surface area contributed by atoms with Crippen molar-refractivity contribution in [1.82, 2.24) is 0 Å². The van der Waals surface area contributed by atoms with Crippen LogP contribution in [0.15, 0.2) is 0 Å². The summed E-state index contributed by atoms with van der Waals surface area (Å²) in [6, 6.07) is 0. The van der Waals surface area contributed by atoms with Crippen LogP contribution in [0.1, 0.15) is 41.5 Å². The fourth-order valence-corrected chi connectivity index (χ4v) is 1.57. The summed E-state index contributed by atoms with van der Waals surface area (Å²) in [7, 11) is 0. The average Bonchev–Trinajstić information content (AvgIpc) is 2.17. The van der Waals surface area contributed by atoms with Gasteiger partial charge in [-0.3, -0.25) is 8.37 Å². The van der Waals surface area contributed by atoms with Crippen LogP contribution in [0.5, 0.6) is 0 Å². The Labute approximate surface area is 120 Å². The first-order valence-corrected chi connectivity index (χ1v) is 7.78. The second-order valence-electron chi connectivity index (χ2n) is 5.76. The predicted octanol–water partition coefficient (Wildman–Crippen LogP) is 4.33. The molecule has 0 bridgehead atoms. The molecule has 0 atom stereocenters. The summed E-state index contributed by atoms with van der Waals surface area (Å²) < 4.78 is 10.4. The summed E-state index contributed by atoms with van der Waals surface area (Å²) in [5, 5.41) is 0. The molecule has 0 aromatic heterocycles. The lowest BCUT2D eigenvalue weighted by molar-refractivity contribution is 0.428. The van der Waals surface area contributed by atoms with Crippen molar-refractivity contribution < 1.29 is 8.37 Å². The van der Waals surface area contributed by atoms with Gasteiger partial charge < -0.3 is 0 Å². The van der Waals surface area contributed by atoms with Crippen molar-refractivity contribution in [3.8, 4) is 23.7 Å². The van der Waals surface area contributed by atoms with Gasteiger partial charge in [0.05, 0.1) is 22.1 Å². The molecule has 18 heavy (non-hydrogen) atoms. The smallest absolute Gasteiger partial charge is 0.123 e. The first-order valence-electron chi connectivity index (χ1n) is 5.78. The van der Waals surface area contributed by atoms with E-state index in [9.17, 15) is 0 Å².